The second-order valence-corrected chi connectivity index (χ2v) is 10.1. The lowest BCUT2D eigenvalue weighted by Crippen LogP contribution is -2.36. The number of nitrogens with one attached hydrogen (secondary N) is 1. The van der Waals surface area contributed by atoms with Gasteiger partial charge in [0.25, 0.3) is 11.8 Å². The Hall–Kier alpha value is -3.40. The maximum atomic E-state index is 14.9. The summed E-state index contributed by atoms with van der Waals surface area (Å²) in [7, 11) is -2.29. The Kier molecular flexibility index (Phi) is 7.35. The molecule has 4 rings (SSSR count). The van der Waals surface area contributed by atoms with Gasteiger partial charge >= 0.3 is 13.0 Å². The van der Waals surface area contributed by atoms with Crippen molar-refractivity contribution in [2.45, 2.75) is 37.2 Å². The van der Waals surface area contributed by atoms with E-state index in [-0.39, 0.29) is 29.5 Å². The van der Waals surface area contributed by atoms with Gasteiger partial charge in [-0.25, -0.2) is 27.1 Å². The molecule has 0 radical (unpaired) electrons. The molecule has 3 aromatic rings. The van der Waals surface area contributed by atoms with Gasteiger partial charge in [0, 0.05) is 37.6 Å². The normalized spacial score (nSPS) is 15.0. The minimum atomic E-state index is -3.63. The highest BCUT2D eigenvalue weighted by Crippen LogP contribution is 2.32. The monoisotopic (exact) mass is 534 g/mol. The Morgan fingerprint density at radius 3 is 2.42 bits per heavy atom. The van der Waals surface area contributed by atoms with E-state index in [1.165, 1.54) is 25.5 Å². The summed E-state index contributed by atoms with van der Waals surface area (Å²) >= 11 is 0. The number of hydrogen-bond donors (Lipinski definition) is 1. The Balaban J connectivity index is 1.58. The highest BCUT2D eigenvalue weighted by atomic mass is 32.2. The lowest BCUT2D eigenvalue weighted by atomic mass is 10.1. The predicted octanol–water partition coefficient (Wildman–Crippen LogP) is 3.78. The second-order valence-electron chi connectivity index (χ2n) is 7.83. The number of aromatic nitrogens is 4. The summed E-state index contributed by atoms with van der Waals surface area (Å²) in [6.45, 7) is -3.39. The van der Waals surface area contributed by atoms with Crippen molar-refractivity contribution in [1.82, 2.24) is 24.5 Å². The zero-order valence-electron chi connectivity index (χ0n) is 18.5. The van der Waals surface area contributed by atoms with Gasteiger partial charge in [-0.1, -0.05) is 6.07 Å². The summed E-state index contributed by atoms with van der Waals surface area (Å²) in [6.07, 6.45) is 0.467. The number of likely N-dealkylation sites (N-methyl/N-ethyl adjacent to an activating group) is 1. The number of hydrogen-bond acceptors (Lipinski definition) is 9. The van der Waals surface area contributed by atoms with Crippen molar-refractivity contribution >= 4 is 16.0 Å². The number of sulfonamides is 1. The van der Waals surface area contributed by atoms with Gasteiger partial charge in [-0.05, 0) is 18.9 Å². The lowest BCUT2D eigenvalue weighted by molar-refractivity contribution is -0.0500. The van der Waals surface area contributed by atoms with Crippen LogP contribution in [0.1, 0.15) is 36.8 Å². The number of rotatable bonds is 11. The van der Waals surface area contributed by atoms with Crippen LogP contribution in [-0.2, 0) is 10.0 Å². The number of benzene rings is 1. The lowest BCUT2D eigenvalue weighted by Gasteiger charge is -2.25. The SMILES string of the molecule is CN(CC(Nc1ncc(-c2nnc(C(F)F)o2)cn1)c1ccc(OC(F)F)cc1F)S(=O)(=O)C1CC1. The van der Waals surface area contributed by atoms with Crippen LogP contribution in [0.2, 0.25) is 0 Å². The van der Waals surface area contributed by atoms with Gasteiger partial charge in [-0.15, -0.1) is 10.2 Å². The molecule has 0 saturated heterocycles. The summed E-state index contributed by atoms with van der Waals surface area (Å²) in [5, 5.41) is 9.00. The van der Waals surface area contributed by atoms with Crippen molar-refractivity contribution in [3.8, 4) is 17.2 Å². The summed E-state index contributed by atoms with van der Waals surface area (Å²) in [5.74, 6) is -2.52. The van der Waals surface area contributed by atoms with Gasteiger partial charge in [-0.2, -0.15) is 17.6 Å². The fraction of sp³-hybridized carbons (Fsp3) is 0.400. The Morgan fingerprint density at radius 2 is 1.86 bits per heavy atom. The molecule has 0 spiro atoms. The fourth-order valence-electron chi connectivity index (χ4n) is 3.28. The molecule has 1 aliphatic rings. The third kappa shape index (κ3) is 5.87. The van der Waals surface area contributed by atoms with E-state index in [2.05, 4.69) is 30.2 Å². The average molecular weight is 534 g/mol. The van der Waals surface area contributed by atoms with Gasteiger partial charge < -0.3 is 14.5 Å². The van der Waals surface area contributed by atoms with E-state index in [4.69, 9.17) is 4.42 Å². The summed E-state index contributed by atoms with van der Waals surface area (Å²) in [6, 6.07) is 2.02. The van der Waals surface area contributed by atoms with Crippen molar-refractivity contribution in [2.75, 3.05) is 18.9 Å². The molecule has 1 unspecified atom stereocenters. The maximum Gasteiger partial charge on any atom is 0.387 e. The largest absolute Gasteiger partial charge is 0.435 e. The van der Waals surface area contributed by atoms with E-state index in [1.54, 1.807) is 0 Å². The summed E-state index contributed by atoms with van der Waals surface area (Å²) in [4.78, 5) is 8.05. The molecule has 1 atom stereocenters. The van der Waals surface area contributed by atoms with Crippen molar-refractivity contribution in [3.63, 3.8) is 0 Å². The van der Waals surface area contributed by atoms with Crippen LogP contribution in [0.4, 0.5) is 27.9 Å². The first-order valence-electron chi connectivity index (χ1n) is 10.4. The number of nitrogens with zero attached hydrogens (tertiary/aromatic N) is 5. The molecule has 2 aromatic heterocycles. The molecular weight excluding hydrogens is 515 g/mol. The van der Waals surface area contributed by atoms with E-state index in [0.29, 0.717) is 12.8 Å². The van der Waals surface area contributed by atoms with Gasteiger partial charge in [0.15, 0.2) is 0 Å². The van der Waals surface area contributed by atoms with E-state index in [1.807, 2.05) is 0 Å². The minimum Gasteiger partial charge on any atom is -0.435 e. The number of anilines is 1. The quantitative estimate of drug-likeness (QED) is 0.366. The maximum absolute atomic E-state index is 14.9. The van der Waals surface area contributed by atoms with Gasteiger partial charge in [0.1, 0.15) is 11.6 Å². The van der Waals surface area contributed by atoms with Crippen molar-refractivity contribution in [3.05, 3.63) is 47.9 Å². The van der Waals surface area contributed by atoms with E-state index in [9.17, 15) is 30.4 Å². The van der Waals surface area contributed by atoms with Crippen LogP contribution in [0.3, 0.4) is 0 Å². The molecule has 36 heavy (non-hydrogen) atoms. The van der Waals surface area contributed by atoms with Crippen molar-refractivity contribution < 1.29 is 39.5 Å². The van der Waals surface area contributed by atoms with Crippen LogP contribution in [0.15, 0.2) is 35.0 Å². The van der Waals surface area contributed by atoms with Crippen molar-refractivity contribution in [1.29, 1.82) is 0 Å². The molecular formula is C20H19F5N6O4S. The van der Waals surface area contributed by atoms with Gasteiger partial charge in [0.05, 0.1) is 16.9 Å². The molecule has 1 fully saturated rings. The molecule has 10 nitrogen and oxygen atoms in total. The van der Waals surface area contributed by atoms with Crippen LogP contribution < -0.4 is 10.1 Å². The van der Waals surface area contributed by atoms with Gasteiger partial charge in [-0.3, -0.25) is 0 Å². The first kappa shape index (κ1) is 25.7. The van der Waals surface area contributed by atoms with Crippen molar-refractivity contribution in [2.24, 2.45) is 0 Å². The molecule has 0 aliphatic heterocycles. The minimum absolute atomic E-state index is 0.0550. The fourth-order valence-corrected chi connectivity index (χ4v) is 4.88. The molecule has 0 amide bonds. The number of ether oxygens (including phenoxy) is 1. The Bertz CT molecular complexity index is 1300. The van der Waals surface area contributed by atoms with Crippen LogP contribution >= 0.6 is 0 Å². The summed E-state index contributed by atoms with van der Waals surface area (Å²) in [5.41, 5.74) is 0.0743. The van der Waals surface area contributed by atoms with E-state index < -0.39 is 51.8 Å². The average Bonchev–Trinajstić information content (AvgIpc) is 3.56. The standard InChI is InChI=1S/C20H19F5N6O4S/c1-31(36(32,33)12-3-4-12)9-15(13-5-2-11(6-14(13)21)34-19(24)25)28-20-26-7-10(8-27-20)17-29-30-18(35-17)16(22)23/h2,5-8,12,15-16,19H,3-4,9H2,1H3,(H,26,27,28). The van der Waals surface area contributed by atoms with E-state index >= 15 is 0 Å². The van der Waals surface area contributed by atoms with E-state index in [0.717, 1.165) is 16.4 Å². The molecule has 0 bridgehead atoms. The molecule has 2 heterocycles. The molecule has 1 N–H and O–H groups in total. The summed E-state index contributed by atoms with van der Waals surface area (Å²) < 4.78 is 100. The Labute approximate surface area is 201 Å². The number of alkyl halides is 4. The first-order chi connectivity index (χ1) is 17.0. The molecule has 194 valence electrons. The topological polar surface area (TPSA) is 123 Å². The predicted molar refractivity (Wildman–Crippen MR) is 114 cm³/mol. The third-order valence-corrected chi connectivity index (χ3v) is 7.55. The van der Waals surface area contributed by atoms with Crippen LogP contribution in [0.5, 0.6) is 5.75 Å². The molecule has 16 heteroatoms. The zero-order chi connectivity index (χ0) is 26.0. The van der Waals surface area contributed by atoms with Crippen LogP contribution in [-0.4, -0.2) is 58.3 Å². The molecule has 1 saturated carbocycles. The number of halogens is 5. The molecule has 1 aromatic carbocycles. The Morgan fingerprint density at radius 1 is 1.17 bits per heavy atom. The second kappa shape index (κ2) is 10.3. The molecule has 1 aliphatic carbocycles. The van der Waals surface area contributed by atoms with Gasteiger partial charge in [0.2, 0.25) is 16.0 Å². The highest BCUT2D eigenvalue weighted by Gasteiger charge is 2.39. The highest BCUT2D eigenvalue weighted by molar-refractivity contribution is 7.90. The third-order valence-electron chi connectivity index (χ3n) is 5.22. The first-order valence-corrected chi connectivity index (χ1v) is 11.9. The smallest absolute Gasteiger partial charge is 0.387 e. The van der Waals surface area contributed by atoms with Crippen LogP contribution in [0.25, 0.3) is 11.5 Å². The zero-order valence-corrected chi connectivity index (χ0v) is 19.3. The van der Waals surface area contributed by atoms with Crippen LogP contribution in [0, 0.1) is 5.82 Å².